The Labute approximate surface area is 180 Å². The molecule has 1 fully saturated rings. The highest BCUT2D eigenvalue weighted by Crippen LogP contribution is 2.40. The fraction of sp³-hybridized carbons (Fsp3) is 0.381. The molecule has 0 spiro atoms. The Morgan fingerprint density at radius 2 is 1.81 bits per heavy atom. The number of hydrogen-bond acceptors (Lipinski definition) is 5. The van der Waals surface area contributed by atoms with E-state index in [1.807, 2.05) is 34.3 Å². The fourth-order valence-electron chi connectivity index (χ4n) is 4.53. The summed E-state index contributed by atoms with van der Waals surface area (Å²) in [4.78, 5) is 9.39. The quantitative estimate of drug-likeness (QED) is 0.685. The van der Waals surface area contributed by atoms with Crippen LogP contribution in [0.4, 0.5) is 27.8 Å². The molecular weight excluding hydrogens is 431 g/mol. The fourth-order valence-corrected chi connectivity index (χ4v) is 4.53. The van der Waals surface area contributed by atoms with Crippen LogP contribution >= 0.6 is 0 Å². The van der Waals surface area contributed by atoms with Gasteiger partial charge in [0.15, 0.2) is 0 Å². The second kappa shape index (κ2) is 7.59. The van der Waals surface area contributed by atoms with Crippen LogP contribution in [-0.2, 0) is 12.7 Å². The van der Waals surface area contributed by atoms with Gasteiger partial charge in [0.05, 0.1) is 17.0 Å². The molecule has 0 amide bonds. The van der Waals surface area contributed by atoms with Crippen LogP contribution in [0, 0.1) is 17.6 Å². The number of fused-ring (bicyclic) bond motifs is 3. The highest BCUT2D eigenvalue weighted by atomic mass is 19.4. The number of aromatic nitrogens is 1. The van der Waals surface area contributed by atoms with Crippen LogP contribution in [0.1, 0.15) is 29.5 Å². The number of nitrogens with zero attached hydrogens (tertiary/aromatic N) is 4. The van der Waals surface area contributed by atoms with Gasteiger partial charge >= 0.3 is 6.18 Å². The number of halogens is 5. The second-order valence-electron chi connectivity index (χ2n) is 8.19. The summed E-state index contributed by atoms with van der Waals surface area (Å²) in [5.74, 6) is -1.34. The van der Waals surface area contributed by atoms with Gasteiger partial charge in [0.2, 0.25) is 0 Å². The van der Waals surface area contributed by atoms with Gasteiger partial charge in [-0.05, 0) is 44.1 Å². The minimum atomic E-state index is -4.79. The van der Waals surface area contributed by atoms with Crippen molar-refractivity contribution in [2.45, 2.75) is 25.6 Å². The van der Waals surface area contributed by atoms with Gasteiger partial charge in [-0.2, -0.15) is 13.2 Å². The van der Waals surface area contributed by atoms with Crippen LogP contribution < -0.4 is 5.43 Å². The Morgan fingerprint density at radius 3 is 2.47 bits per heavy atom. The van der Waals surface area contributed by atoms with Crippen molar-refractivity contribution in [3.63, 3.8) is 0 Å². The number of piperidine rings is 1. The summed E-state index contributed by atoms with van der Waals surface area (Å²) in [5, 5.41) is 3.79. The number of aliphatic imine (C=N–C) groups is 1. The number of hydrogen-bond donors (Lipinski definition) is 2. The normalized spacial score (nSPS) is 20.0. The largest absolute Gasteiger partial charge is 0.416 e. The molecule has 0 saturated carbocycles. The first-order chi connectivity index (χ1) is 15.2. The Balaban J connectivity index is 1.31. The molecule has 0 unspecified atom stereocenters. The van der Waals surface area contributed by atoms with Gasteiger partial charge in [-0.3, -0.25) is 4.90 Å². The molecule has 0 aliphatic carbocycles. The van der Waals surface area contributed by atoms with Crippen LogP contribution in [0.15, 0.2) is 35.1 Å². The van der Waals surface area contributed by atoms with E-state index in [4.69, 9.17) is 0 Å². The molecular formula is C21H21F5N6. The average Bonchev–Trinajstić information content (AvgIpc) is 3.34. The lowest BCUT2D eigenvalue weighted by Gasteiger charge is -2.33. The van der Waals surface area contributed by atoms with Crippen molar-refractivity contribution in [1.82, 2.24) is 25.4 Å². The maximum absolute atomic E-state index is 14.2. The van der Waals surface area contributed by atoms with E-state index in [2.05, 4.69) is 15.4 Å². The summed E-state index contributed by atoms with van der Waals surface area (Å²) < 4.78 is 66.8. The molecule has 0 atom stereocenters. The van der Waals surface area contributed by atoms with Gasteiger partial charge in [0.25, 0.3) is 0 Å². The van der Waals surface area contributed by atoms with Gasteiger partial charge in [-0.25, -0.2) is 18.8 Å². The molecule has 3 aliphatic heterocycles. The predicted molar refractivity (Wildman–Crippen MR) is 108 cm³/mol. The summed E-state index contributed by atoms with van der Waals surface area (Å²) in [6.07, 6.45) is 0.276. The summed E-state index contributed by atoms with van der Waals surface area (Å²) >= 11 is 0. The molecule has 1 saturated heterocycles. The minimum Gasteiger partial charge on any atom is -0.346 e. The second-order valence-corrected chi connectivity index (χ2v) is 8.19. The van der Waals surface area contributed by atoms with Crippen molar-refractivity contribution in [2.75, 3.05) is 20.1 Å². The molecule has 6 nitrogen and oxygen atoms in total. The predicted octanol–water partition coefficient (Wildman–Crippen LogP) is 4.23. The monoisotopic (exact) mass is 452 g/mol. The van der Waals surface area contributed by atoms with Crippen molar-refractivity contribution in [1.29, 1.82) is 0 Å². The Morgan fingerprint density at radius 1 is 1.12 bits per heavy atom. The summed E-state index contributed by atoms with van der Waals surface area (Å²) in [5.41, 5.74) is 4.83. The number of allylic oxidation sites excluding steroid dienone is 1. The SMILES string of the molecule is CN1NC(C2CCN(Cc3c(F)cc(C(F)(F)F)cc3F)CC2)=C2c3cc[nH]c3N=CN21. The van der Waals surface area contributed by atoms with Crippen LogP contribution in [0.5, 0.6) is 0 Å². The minimum absolute atomic E-state index is 0.0670. The zero-order valence-corrected chi connectivity index (χ0v) is 17.2. The summed E-state index contributed by atoms with van der Waals surface area (Å²) in [6.45, 7) is 1.07. The number of rotatable bonds is 3. The maximum atomic E-state index is 14.2. The topological polar surface area (TPSA) is 49.9 Å². The number of hydrazine groups is 2. The van der Waals surface area contributed by atoms with Gasteiger partial charge in [-0.15, -0.1) is 5.12 Å². The van der Waals surface area contributed by atoms with Gasteiger partial charge in [0, 0.05) is 36.8 Å². The van der Waals surface area contributed by atoms with Crippen molar-refractivity contribution in [2.24, 2.45) is 10.9 Å². The number of likely N-dealkylation sites (tertiary alicyclic amines) is 1. The summed E-state index contributed by atoms with van der Waals surface area (Å²) in [6, 6.07) is 2.70. The van der Waals surface area contributed by atoms with E-state index < -0.39 is 23.4 Å². The van der Waals surface area contributed by atoms with E-state index in [1.165, 1.54) is 0 Å². The molecule has 3 aliphatic rings. The van der Waals surface area contributed by atoms with Crippen LogP contribution in [0.2, 0.25) is 0 Å². The van der Waals surface area contributed by atoms with E-state index in [0.29, 0.717) is 25.2 Å². The Bertz CT molecular complexity index is 1070. The Kier molecular flexibility index (Phi) is 4.97. The molecule has 170 valence electrons. The third kappa shape index (κ3) is 3.55. The molecule has 32 heavy (non-hydrogen) atoms. The zero-order chi connectivity index (χ0) is 22.6. The third-order valence-corrected chi connectivity index (χ3v) is 6.21. The van der Waals surface area contributed by atoms with Gasteiger partial charge in [0.1, 0.15) is 23.8 Å². The third-order valence-electron chi connectivity index (χ3n) is 6.21. The highest BCUT2D eigenvalue weighted by Gasteiger charge is 2.37. The zero-order valence-electron chi connectivity index (χ0n) is 17.2. The van der Waals surface area contributed by atoms with Crippen molar-refractivity contribution >= 4 is 17.9 Å². The smallest absolute Gasteiger partial charge is 0.346 e. The number of benzene rings is 1. The molecule has 1 aromatic carbocycles. The van der Waals surface area contributed by atoms with E-state index in [9.17, 15) is 22.0 Å². The summed E-state index contributed by atoms with van der Waals surface area (Å²) in [7, 11) is 1.89. The van der Waals surface area contributed by atoms with Crippen LogP contribution in [0.3, 0.4) is 0 Å². The van der Waals surface area contributed by atoms with Crippen molar-refractivity contribution < 1.29 is 22.0 Å². The van der Waals surface area contributed by atoms with Crippen LogP contribution in [0.25, 0.3) is 5.70 Å². The van der Waals surface area contributed by atoms with E-state index in [-0.39, 0.29) is 18.0 Å². The lowest BCUT2D eigenvalue weighted by molar-refractivity contribution is -0.138. The number of nitrogens with one attached hydrogen (secondary N) is 2. The molecule has 5 rings (SSSR count). The number of aromatic amines is 1. The average molecular weight is 452 g/mol. The molecule has 11 heteroatoms. The molecule has 0 bridgehead atoms. The standard InChI is InChI=1S/C21H21F5N6/c1-30-29-18(19-14-2-5-27-20(14)28-11-32(19)30)12-3-6-31(7-4-12)10-15-16(22)8-13(9-17(15)23)21(24,25)26/h2,5,8-9,11-12,27,29H,3-4,6-7,10H2,1H3. The lowest BCUT2D eigenvalue weighted by atomic mass is 9.91. The Hall–Kier alpha value is -2.92. The van der Waals surface area contributed by atoms with Gasteiger partial charge < -0.3 is 10.4 Å². The number of H-pyrrole nitrogens is 1. The first-order valence-electron chi connectivity index (χ1n) is 10.3. The molecule has 4 heterocycles. The van der Waals surface area contributed by atoms with Gasteiger partial charge in [-0.1, -0.05) is 0 Å². The van der Waals surface area contributed by atoms with E-state index >= 15 is 0 Å². The number of alkyl halides is 3. The lowest BCUT2D eigenvalue weighted by Crippen LogP contribution is -2.41. The maximum Gasteiger partial charge on any atom is 0.416 e. The highest BCUT2D eigenvalue weighted by molar-refractivity contribution is 5.87. The molecule has 1 aromatic heterocycles. The van der Waals surface area contributed by atoms with E-state index in [1.54, 1.807) is 6.34 Å². The van der Waals surface area contributed by atoms with E-state index in [0.717, 1.165) is 35.6 Å². The molecule has 0 radical (unpaired) electrons. The van der Waals surface area contributed by atoms with Crippen LogP contribution in [-0.4, -0.2) is 46.5 Å². The molecule has 2 N–H and O–H groups in total. The molecule has 2 aromatic rings. The first kappa shape index (κ1) is 21.0. The van der Waals surface area contributed by atoms with Crippen molar-refractivity contribution in [3.8, 4) is 0 Å². The van der Waals surface area contributed by atoms with Crippen molar-refractivity contribution in [3.05, 3.63) is 58.4 Å². The first-order valence-corrected chi connectivity index (χ1v) is 10.3.